The van der Waals surface area contributed by atoms with E-state index in [0.29, 0.717) is 16.8 Å². The maximum Gasteiger partial charge on any atom is 0.419 e. The molecule has 0 bridgehead atoms. The van der Waals surface area contributed by atoms with Crippen LogP contribution in [0.2, 0.25) is 0 Å². The third-order valence-electron chi connectivity index (χ3n) is 4.75. The Kier molecular flexibility index (Phi) is 5.11. The van der Waals surface area contributed by atoms with Crippen LogP contribution in [-0.4, -0.2) is 35.0 Å². The number of rotatable bonds is 4. The molecule has 9 heteroatoms. The zero-order valence-electron chi connectivity index (χ0n) is 15.5. The molecule has 1 aromatic carbocycles. The first-order valence-corrected chi connectivity index (χ1v) is 9.11. The molecule has 30 heavy (non-hydrogen) atoms. The number of nitrogens with one attached hydrogen (secondary N) is 1. The smallest absolute Gasteiger partial charge is 0.352 e. The molecule has 3 heterocycles. The molecule has 3 aromatic rings. The standard InChI is InChI=1S/C21H16F4N4O/c22-15-4-1-3-13(9-15)18-7-6-14(10-27-18)20(30)28-16-11-29(12-16)19-17(21(23,24)25)5-2-8-26-19/h1-10,16H,11-12H2,(H,28,30). The summed E-state index contributed by atoms with van der Waals surface area (Å²) in [6.45, 7) is 0.446. The van der Waals surface area contributed by atoms with Gasteiger partial charge in [-0.25, -0.2) is 9.37 Å². The Bertz CT molecular complexity index is 1060. The minimum Gasteiger partial charge on any atom is -0.352 e. The van der Waals surface area contributed by atoms with Gasteiger partial charge in [0.05, 0.1) is 22.9 Å². The Morgan fingerprint density at radius 1 is 1.07 bits per heavy atom. The second-order valence-electron chi connectivity index (χ2n) is 6.89. The second-order valence-corrected chi connectivity index (χ2v) is 6.89. The molecule has 0 atom stereocenters. The molecule has 1 fully saturated rings. The van der Waals surface area contributed by atoms with E-state index in [9.17, 15) is 22.4 Å². The molecule has 0 unspecified atom stereocenters. The van der Waals surface area contributed by atoms with Crippen LogP contribution in [0.15, 0.2) is 60.9 Å². The molecular formula is C21H16F4N4O. The fourth-order valence-corrected chi connectivity index (χ4v) is 3.23. The zero-order valence-corrected chi connectivity index (χ0v) is 15.5. The summed E-state index contributed by atoms with van der Waals surface area (Å²) in [4.78, 5) is 21.9. The fraction of sp³-hybridized carbons (Fsp3) is 0.190. The predicted molar refractivity (Wildman–Crippen MR) is 102 cm³/mol. The van der Waals surface area contributed by atoms with Gasteiger partial charge in [0.2, 0.25) is 0 Å². The van der Waals surface area contributed by atoms with Gasteiger partial charge in [-0.3, -0.25) is 9.78 Å². The number of nitrogens with zero attached hydrogens (tertiary/aromatic N) is 3. The molecule has 1 aliphatic rings. The Labute approximate surface area is 169 Å². The highest BCUT2D eigenvalue weighted by atomic mass is 19.4. The van der Waals surface area contributed by atoms with Gasteiger partial charge in [-0.15, -0.1) is 0 Å². The van der Waals surface area contributed by atoms with Crippen molar-refractivity contribution in [2.45, 2.75) is 12.2 Å². The molecule has 0 saturated carbocycles. The van der Waals surface area contributed by atoms with Crippen molar-refractivity contribution in [1.29, 1.82) is 0 Å². The van der Waals surface area contributed by atoms with Crippen molar-refractivity contribution in [3.8, 4) is 11.3 Å². The van der Waals surface area contributed by atoms with Crippen molar-refractivity contribution in [2.24, 2.45) is 0 Å². The zero-order chi connectivity index (χ0) is 21.3. The number of anilines is 1. The molecular weight excluding hydrogens is 400 g/mol. The maximum absolute atomic E-state index is 13.3. The van der Waals surface area contributed by atoms with Crippen LogP contribution in [0.5, 0.6) is 0 Å². The summed E-state index contributed by atoms with van der Waals surface area (Å²) in [5.41, 5.74) is 0.623. The highest BCUT2D eigenvalue weighted by Gasteiger charge is 2.39. The van der Waals surface area contributed by atoms with E-state index >= 15 is 0 Å². The van der Waals surface area contributed by atoms with E-state index in [1.54, 1.807) is 24.3 Å². The number of hydrogen-bond acceptors (Lipinski definition) is 4. The Hall–Kier alpha value is -3.49. The van der Waals surface area contributed by atoms with Gasteiger partial charge in [-0.2, -0.15) is 13.2 Å². The number of carbonyl (C=O) groups excluding carboxylic acids is 1. The SMILES string of the molecule is O=C(NC1CN(c2ncccc2C(F)(F)F)C1)c1ccc(-c2cccc(F)c2)nc1. The predicted octanol–water partition coefficient (Wildman–Crippen LogP) is 3.92. The third-order valence-corrected chi connectivity index (χ3v) is 4.75. The molecule has 1 aliphatic heterocycles. The fourth-order valence-electron chi connectivity index (χ4n) is 3.23. The number of aromatic nitrogens is 2. The van der Waals surface area contributed by atoms with Crippen LogP contribution in [-0.2, 0) is 6.18 Å². The first-order chi connectivity index (χ1) is 14.3. The topological polar surface area (TPSA) is 58.1 Å². The van der Waals surface area contributed by atoms with Gasteiger partial charge in [0.1, 0.15) is 11.6 Å². The first-order valence-electron chi connectivity index (χ1n) is 9.11. The van der Waals surface area contributed by atoms with Crippen molar-refractivity contribution in [3.63, 3.8) is 0 Å². The van der Waals surface area contributed by atoms with Gasteiger partial charge < -0.3 is 10.2 Å². The Morgan fingerprint density at radius 2 is 1.87 bits per heavy atom. The summed E-state index contributed by atoms with van der Waals surface area (Å²) in [7, 11) is 0. The second kappa shape index (κ2) is 7.74. The quantitative estimate of drug-likeness (QED) is 0.655. The summed E-state index contributed by atoms with van der Waals surface area (Å²) in [5, 5.41) is 2.77. The van der Waals surface area contributed by atoms with Gasteiger partial charge in [-0.1, -0.05) is 12.1 Å². The average molecular weight is 416 g/mol. The van der Waals surface area contributed by atoms with Crippen LogP contribution >= 0.6 is 0 Å². The number of halogens is 4. The molecule has 154 valence electrons. The minimum absolute atomic E-state index is 0.142. The molecule has 1 N–H and O–H groups in total. The number of amides is 1. The maximum atomic E-state index is 13.3. The highest BCUT2D eigenvalue weighted by molar-refractivity contribution is 5.94. The van der Waals surface area contributed by atoms with Crippen molar-refractivity contribution in [3.05, 3.63) is 77.9 Å². The van der Waals surface area contributed by atoms with E-state index in [1.165, 1.54) is 35.5 Å². The van der Waals surface area contributed by atoms with Crippen molar-refractivity contribution < 1.29 is 22.4 Å². The molecule has 0 spiro atoms. The summed E-state index contributed by atoms with van der Waals surface area (Å²) in [6.07, 6.45) is -1.80. The average Bonchev–Trinajstić information content (AvgIpc) is 2.70. The van der Waals surface area contributed by atoms with Crippen LogP contribution in [0, 0.1) is 5.82 Å². The van der Waals surface area contributed by atoms with Gasteiger partial charge >= 0.3 is 6.18 Å². The van der Waals surface area contributed by atoms with E-state index in [1.807, 2.05) is 0 Å². The Morgan fingerprint density at radius 3 is 2.53 bits per heavy atom. The molecule has 4 rings (SSSR count). The number of alkyl halides is 3. The molecule has 0 radical (unpaired) electrons. The molecule has 1 amide bonds. The molecule has 0 aliphatic carbocycles. The summed E-state index contributed by atoms with van der Waals surface area (Å²) < 4.78 is 52.7. The van der Waals surface area contributed by atoms with Crippen LogP contribution in [0.3, 0.4) is 0 Å². The van der Waals surface area contributed by atoms with Crippen LogP contribution < -0.4 is 10.2 Å². The largest absolute Gasteiger partial charge is 0.419 e. The summed E-state index contributed by atoms with van der Waals surface area (Å²) in [6, 6.07) is 11.1. The normalized spacial score (nSPS) is 14.3. The van der Waals surface area contributed by atoms with Crippen molar-refractivity contribution in [1.82, 2.24) is 15.3 Å². The Balaban J connectivity index is 1.37. The van der Waals surface area contributed by atoms with E-state index < -0.39 is 11.7 Å². The number of pyridine rings is 2. The van der Waals surface area contributed by atoms with Crippen LogP contribution in [0.25, 0.3) is 11.3 Å². The van der Waals surface area contributed by atoms with Crippen LogP contribution in [0.1, 0.15) is 15.9 Å². The summed E-state index contributed by atoms with van der Waals surface area (Å²) in [5.74, 6) is -0.904. The molecule has 2 aromatic heterocycles. The number of benzene rings is 1. The lowest BCUT2D eigenvalue weighted by Gasteiger charge is -2.41. The van der Waals surface area contributed by atoms with E-state index in [2.05, 4.69) is 15.3 Å². The van der Waals surface area contributed by atoms with E-state index in [-0.39, 0.29) is 36.7 Å². The van der Waals surface area contributed by atoms with Crippen LogP contribution in [0.4, 0.5) is 23.4 Å². The molecule has 1 saturated heterocycles. The minimum atomic E-state index is -4.49. The highest BCUT2D eigenvalue weighted by Crippen LogP contribution is 2.36. The van der Waals surface area contributed by atoms with Gasteiger partial charge in [-0.05, 0) is 36.4 Å². The first kappa shape index (κ1) is 19.8. The number of hydrogen-bond donors (Lipinski definition) is 1. The van der Waals surface area contributed by atoms with Gasteiger partial charge in [0.15, 0.2) is 0 Å². The monoisotopic (exact) mass is 416 g/mol. The summed E-state index contributed by atoms with van der Waals surface area (Å²) >= 11 is 0. The lowest BCUT2D eigenvalue weighted by atomic mass is 10.1. The van der Waals surface area contributed by atoms with Gasteiger partial charge in [0, 0.05) is 31.0 Å². The molecule has 5 nitrogen and oxygen atoms in total. The van der Waals surface area contributed by atoms with Crippen molar-refractivity contribution >= 4 is 11.7 Å². The lowest BCUT2D eigenvalue weighted by molar-refractivity contribution is -0.137. The van der Waals surface area contributed by atoms with Crippen molar-refractivity contribution in [2.75, 3.05) is 18.0 Å². The van der Waals surface area contributed by atoms with E-state index in [0.717, 1.165) is 6.07 Å². The van der Waals surface area contributed by atoms with Gasteiger partial charge in [0.25, 0.3) is 5.91 Å². The third kappa shape index (κ3) is 4.10. The van der Waals surface area contributed by atoms with E-state index in [4.69, 9.17) is 0 Å². The number of carbonyl (C=O) groups is 1. The lowest BCUT2D eigenvalue weighted by Crippen LogP contribution is -2.60.